The molecule has 26 heavy (non-hydrogen) atoms. The summed E-state index contributed by atoms with van der Waals surface area (Å²) in [5, 5.41) is 11.2. The Kier molecular flexibility index (Phi) is 5.60. The normalized spacial score (nSPS) is 10.9. The number of nitrogens with one attached hydrogen (secondary N) is 1. The average Bonchev–Trinajstić information content (AvgIpc) is 3.05. The number of rotatable bonds is 6. The third kappa shape index (κ3) is 4.65. The Morgan fingerprint density at radius 2 is 1.92 bits per heavy atom. The van der Waals surface area contributed by atoms with Gasteiger partial charge < -0.3 is 9.73 Å². The first kappa shape index (κ1) is 18.0. The molecule has 0 aliphatic heterocycles. The zero-order chi connectivity index (χ0) is 18.5. The van der Waals surface area contributed by atoms with E-state index in [0.717, 1.165) is 0 Å². The molecule has 0 aliphatic carbocycles. The molecule has 0 unspecified atom stereocenters. The van der Waals surface area contributed by atoms with Gasteiger partial charge in [-0.25, -0.2) is 4.39 Å². The summed E-state index contributed by atoms with van der Waals surface area (Å²) in [6.45, 7) is 0.412. The number of aromatic nitrogens is 2. The standard InChI is InChI=1S/C18H16ClFN4O2/c1-24(10-16(25)21-13-8-6-12(20)7-9-13)11-17-22-23-18(26-17)14-4-2-3-5-15(14)19/h2-9H,10-11H2,1H3,(H,21,25). The summed E-state index contributed by atoms with van der Waals surface area (Å²) in [6.07, 6.45) is 0. The molecule has 0 spiro atoms. The van der Waals surface area contributed by atoms with Gasteiger partial charge in [0.1, 0.15) is 5.82 Å². The van der Waals surface area contributed by atoms with Crippen molar-refractivity contribution >= 4 is 23.2 Å². The van der Waals surface area contributed by atoms with Gasteiger partial charge in [0.25, 0.3) is 0 Å². The number of carbonyl (C=O) groups excluding carboxylic acids is 1. The molecule has 0 fully saturated rings. The number of nitrogens with zero attached hydrogens (tertiary/aromatic N) is 3. The molecule has 2 aromatic carbocycles. The number of likely N-dealkylation sites (N-methyl/N-ethyl adjacent to an activating group) is 1. The maximum Gasteiger partial charge on any atom is 0.249 e. The number of anilines is 1. The molecule has 0 bridgehead atoms. The van der Waals surface area contributed by atoms with Crippen LogP contribution in [0.25, 0.3) is 11.5 Å². The van der Waals surface area contributed by atoms with Crippen LogP contribution in [0.15, 0.2) is 52.9 Å². The average molecular weight is 375 g/mol. The van der Waals surface area contributed by atoms with Crippen LogP contribution < -0.4 is 5.32 Å². The molecule has 3 rings (SSSR count). The van der Waals surface area contributed by atoms with Crippen molar-refractivity contribution in [2.45, 2.75) is 6.54 Å². The highest BCUT2D eigenvalue weighted by molar-refractivity contribution is 6.33. The minimum atomic E-state index is -0.356. The SMILES string of the molecule is CN(CC(=O)Nc1ccc(F)cc1)Cc1nnc(-c2ccccc2Cl)o1. The Hall–Kier alpha value is -2.77. The van der Waals surface area contributed by atoms with E-state index in [0.29, 0.717) is 34.6 Å². The third-order valence-corrected chi connectivity index (χ3v) is 3.85. The van der Waals surface area contributed by atoms with Gasteiger partial charge in [-0.15, -0.1) is 10.2 Å². The maximum atomic E-state index is 12.9. The van der Waals surface area contributed by atoms with E-state index in [2.05, 4.69) is 15.5 Å². The highest BCUT2D eigenvalue weighted by atomic mass is 35.5. The molecule has 1 heterocycles. The number of benzene rings is 2. The van der Waals surface area contributed by atoms with Gasteiger partial charge in [0.05, 0.1) is 23.7 Å². The molecule has 0 atom stereocenters. The van der Waals surface area contributed by atoms with Crippen LogP contribution in [-0.2, 0) is 11.3 Å². The van der Waals surface area contributed by atoms with Crippen molar-refractivity contribution in [2.24, 2.45) is 0 Å². The molecule has 3 aromatic rings. The molecule has 1 amide bonds. The van der Waals surface area contributed by atoms with Gasteiger partial charge in [0.15, 0.2) is 0 Å². The van der Waals surface area contributed by atoms with E-state index in [1.54, 1.807) is 24.1 Å². The van der Waals surface area contributed by atoms with Crippen LogP contribution in [0.5, 0.6) is 0 Å². The second-order valence-corrected chi connectivity index (χ2v) is 6.12. The number of halogens is 2. The lowest BCUT2D eigenvalue weighted by molar-refractivity contribution is -0.117. The Morgan fingerprint density at radius 3 is 2.65 bits per heavy atom. The van der Waals surface area contributed by atoms with Crippen molar-refractivity contribution in [2.75, 3.05) is 18.9 Å². The second-order valence-electron chi connectivity index (χ2n) is 5.71. The largest absolute Gasteiger partial charge is 0.419 e. The highest BCUT2D eigenvalue weighted by Gasteiger charge is 2.14. The summed E-state index contributed by atoms with van der Waals surface area (Å²) in [4.78, 5) is 13.8. The lowest BCUT2D eigenvalue weighted by Crippen LogP contribution is -2.29. The van der Waals surface area contributed by atoms with Crippen LogP contribution >= 0.6 is 11.6 Å². The molecule has 0 saturated heterocycles. The van der Waals surface area contributed by atoms with Gasteiger partial charge in [-0.2, -0.15) is 0 Å². The zero-order valence-electron chi connectivity index (χ0n) is 13.9. The fourth-order valence-electron chi connectivity index (χ4n) is 2.33. The number of hydrogen-bond acceptors (Lipinski definition) is 5. The molecule has 0 saturated carbocycles. The van der Waals surface area contributed by atoms with Crippen LogP contribution in [-0.4, -0.2) is 34.6 Å². The molecule has 0 aliphatic rings. The van der Waals surface area contributed by atoms with Crippen molar-refractivity contribution in [1.82, 2.24) is 15.1 Å². The van der Waals surface area contributed by atoms with E-state index in [4.69, 9.17) is 16.0 Å². The summed E-state index contributed by atoms with van der Waals surface area (Å²) in [5.41, 5.74) is 1.19. The van der Waals surface area contributed by atoms with E-state index < -0.39 is 0 Å². The zero-order valence-corrected chi connectivity index (χ0v) is 14.7. The molecule has 1 aromatic heterocycles. The van der Waals surface area contributed by atoms with E-state index in [1.165, 1.54) is 24.3 Å². The Bertz CT molecular complexity index is 898. The molecule has 134 valence electrons. The fraction of sp³-hybridized carbons (Fsp3) is 0.167. The summed E-state index contributed by atoms with van der Waals surface area (Å²) < 4.78 is 18.5. The van der Waals surface area contributed by atoms with Crippen molar-refractivity contribution in [3.63, 3.8) is 0 Å². The Balaban J connectivity index is 1.56. The van der Waals surface area contributed by atoms with Crippen molar-refractivity contribution in [3.8, 4) is 11.5 Å². The van der Waals surface area contributed by atoms with Crippen molar-refractivity contribution in [1.29, 1.82) is 0 Å². The van der Waals surface area contributed by atoms with Gasteiger partial charge >= 0.3 is 0 Å². The number of carbonyl (C=O) groups is 1. The van der Waals surface area contributed by atoms with Crippen LogP contribution in [0, 0.1) is 5.82 Å². The van der Waals surface area contributed by atoms with E-state index in [9.17, 15) is 9.18 Å². The topological polar surface area (TPSA) is 71.3 Å². The van der Waals surface area contributed by atoms with Crippen molar-refractivity contribution in [3.05, 3.63) is 65.3 Å². The lowest BCUT2D eigenvalue weighted by atomic mass is 10.2. The van der Waals surface area contributed by atoms with E-state index in [-0.39, 0.29) is 18.3 Å². The quantitative estimate of drug-likeness (QED) is 0.713. The number of amides is 1. The van der Waals surface area contributed by atoms with Crippen LogP contribution in [0.4, 0.5) is 10.1 Å². The van der Waals surface area contributed by atoms with E-state index >= 15 is 0 Å². The molecule has 0 radical (unpaired) electrons. The first-order chi connectivity index (χ1) is 12.5. The molecule has 8 heteroatoms. The van der Waals surface area contributed by atoms with Gasteiger partial charge in [-0.3, -0.25) is 9.69 Å². The van der Waals surface area contributed by atoms with Gasteiger partial charge in [0, 0.05) is 5.69 Å². The molecule has 6 nitrogen and oxygen atoms in total. The first-order valence-electron chi connectivity index (χ1n) is 7.82. The second kappa shape index (κ2) is 8.07. The summed E-state index contributed by atoms with van der Waals surface area (Å²) in [7, 11) is 1.75. The van der Waals surface area contributed by atoms with Crippen LogP contribution in [0.3, 0.4) is 0 Å². The Morgan fingerprint density at radius 1 is 1.19 bits per heavy atom. The third-order valence-electron chi connectivity index (χ3n) is 3.52. The summed E-state index contributed by atoms with van der Waals surface area (Å²) >= 11 is 6.11. The minimum Gasteiger partial charge on any atom is -0.419 e. The number of hydrogen-bond donors (Lipinski definition) is 1. The van der Waals surface area contributed by atoms with Gasteiger partial charge in [0.2, 0.25) is 17.7 Å². The van der Waals surface area contributed by atoms with Crippen LogP contribution in [0.2, 0.25) is 5.02 Å². The van der Waals surface area contributed by atoms with E-state index in [1.807, 2.05) is 12.1 Å². The fourth-order valence-corrected chi connectivity index (χ4v) is 2.54. The summed E-state index contributed by atoms with van der Waals surface area (Å²) in [6, 6.07) is 12.8. The Labute approximate surface area is 154 Å². The monoisotopic (exact) mass is 374 g/mol. The lowest BCUT2D eigenvalue weighted by Gasteiger charge is -2.14. The molecule has 1 N–H and O–H groups in total. The summed E-state index contributed by atoms with van der Waals surface area (Å²) in [5.74, 6) is 0.113. The van der Waals surface area contributed by atoms with Gasteiger partial charge in [-0.05, 0) is 43.4 Å². The van der Waals surface area contributed by atoms with Gasteiger partial charge in [-0.1, -0.05) is 23.7 Å². The minimum absolute atomic E-state index is 0.112. The van der Waals surface area contributed by atoms with Crippen LogP contribution in [0.1, 0.15) is 5.89 Å². The predicted molar refractivity (Wildman–Crippen MR) is 96.1 cm³/mol. The first-order valence-corrected chi connectivity index (χ1v) is 8.20. The highest BCUT2D eigenvalue weighted by Crippen LogP contribution is 2.26. The predicted octanol–water partition coefficient (Wildman–Crippen LogP) is 3.60. The molecular formula is C18H16ClFN4O2. The van der Waals surface area contributed by atoms with Crippen molar-refractivity contribution < 1.29 is 13.6 Å². The maximum absolute atomic E-state index is 12.9. The smallest absolute Gasteiger partial charge is 0.249 e. The molecular weight excluding hydrogens is 359 g/mol.